The minimum absolute atomic E-state index is 0.312. The van der Waals surface area contributed by atoms with Crippen LogP contribution in [0.1, 0.15) is 12.8 Å². The van der Waals surface area contributed by atoms with E-state index in [0.717, 1.165) is 45.6 Å². The maximum atomic E-state index is 12.2. The highest BCUT2D eigenvalue weighted by molar-refractivity contribution is 5.77. The number of nitrogens with one attached hydrogen (secondary N) is 1. The highest BCUT2D eigenvalue weighted by Crippen LogP contribution is 2.16. The third-order valence-corrected chi connectivity index (χ3v) is 5.50. The number of piperazine rings is 1. The number of aromatic nitrogens is 2. The summed E-state index contributed by atoms with van der Waals surface area (Å²) >= 11 is 0. The monoisotopic (exact) mass is 378 g/mol. The number of hydrogen-bond donors (Lipinski definition) is 1. The van der Waals surface area contributed by atoms with Crippen LogP contribution in [0.25, 0.3) is 10.9 Å². The first-order chi connectivity index (χ1) is 13.7. The molecule has 1 fully saturated rings. The summed E-state index contributed by atoms with van der Waals surface area (Å²) in [7, 11) is 0. The van der Waals surface area contributed by atoms with Gasteiger partial charge in [-0.1, -0.05) is 30.3 Å². The van der Waals surface area contributed by atoms with Crippen LogP contribution in [0, 0.1) is 0 Å². The van der Waals surface area contributed by atoms with Gasteiger partial charge in [0.1, 0.15) is 0 Å². The van der Waals surface area contributed by atoms with E-state index in [9.17, 15) is 9.59 Å². The van der Waals surface area contributed by atoms with Crippen molar-refractivity contribution in [3.8, 4) is 0 Å². The Labute approximate surface area is 164 Å². The van der Waals surface area contributed by atoms with Gasteiger partial charge in [-0.05, 0) is 43.7 Å². The second kappa shape index (κ2) is 8.44. The number of unbranched alkanes of at least 4 members (excludes halogenated alkanes) is 1. The summed E-state index contributed by atoms with van der Waals surface area (Å²) < 4.78 is 1.68. The molecule has 0 spiro atoms. The standard InChI is InChI=1S/C22H26N4O2/c27-21-19-10-4-5-11-20(19)26(22(28)23-21)13-7-6-12-24-14-16-25(17-15-24)18-8-2-1-3-9-18/h1-5,8-11H,6-7,12-17H2,(H,23,27,28). The number of hydrogen-bond acceptors (Lipinski definition) is 4. The summed E-state index contributed by atoms with van der Waals surface area (Å²) in [5, 5.41) is 0.569. The van der Waals surface area contributed by atoms with Gasteiger partial charge in [0, 0.05) is 38.4 Å². The molecule has 146 valence electrons. The molecule has 3 aromatic rings. The molecule has 0 amide bonds. The van der Waals surface area contributed by atoms with Crippen LogP contribution in [0.3, 0.4) is 0 Å². The van der Waals surface area contributed by atoms with Crippen molar-refractivity contribution in [3.63, 3.8) is 0 Å². The smallest absolute Gasteiger partial charge is 0.328 e. The van der Waals surface area contributed by atoms with Crippen molar-refractivity contribution >= 4 is 16.6 Å². The molecule has 0 unspecified atom stereocenters. The molecule has 1 aromatic heterocycles. The lowest BCUT2D eigenvalue weighted by Crippen LogP contribution is -2.46. The molecule has 2 aromatic carbocycles. The Morgan fingerprint density at radius 2 is 1.46 bits per heavy atom. The maximum Gasteiger partial charge on any atom is 0.328 e. The summed E-state index contributed by atoms with van der Waals surface area (Å²) in [4.78, 5) is 31.5. The topological polar surface area (TPSA) is 61.3 Å². The minimum atomic E-state index is -0.319. The van der Waals surface area contributed by atoms with Crippen molar-refractivity contribution < 1.29 is 0 Å². The zero-order valence-electron chi connectivity index (χ0n) is 16.0. The summed E-state index contributed by atoms with van der Waals surface area (Å²) in [6.45, 7) is 5.90. The second-order valence-electron chi connectivity index (χ2n) is 7.30. The quantitative estimate of drug-likeness (QED) is 0.669. The van der Waals surface area contributed by atoms with E-state index in [2.05, 4.69) is 45.1 Å². The molecule has 4 rings (SSSR count). The van der Waals surface area contributed by atoms with E-state index in [-0.39, 0.29) is 11.2 Å². The lowest BCUT2D eigenvalue weighted by Gasteiger charge is -2.36. The molecule has 6 heteroatoms. The van der Waals surface area contributed by atoms with Crippen molar-refractivity contribution in [2.45, 2.75) is 19.4 Å². The number of anilines is 1. The molecule has 6 nitrogen and oxygen atoms in total. The predicted molar refractivity (Wildman–Crippen MR) is 113 cm³/mol. The number of fused-ring (bicyclic) bond motifs is 1. The SMILES string of the molecule is O=c1[nH]c(=O)n(CCCCN2CCN(c3ccccc3)CC2)c2ccccc12. The molecule has 1 N–H and O–H groups in total. The van der Waals surface area contributed by atoms with Gasteiger partial charge >= 0.3 is 5.69 Å². The largest absolute Gasteiger partial charge is 0.369 e. The van der Waals surface area contributed by atoms with Gasteiger partial charge in [-0.2, -0.15) is 0 Å². The summed E-state index contributed by atoms with van der Waals surface area (Å²) in [6.07, 6.45) is 1.94. The molecule has 0 aliphatic carbocycles. The summed E-state index contributed by atoms with van der Waals surface area (Å²) in [6, 6.07) is 17.9. The third kappa shape index (κ3) is 4.02. The van der Waals surface area contributed by atoms with E-state index in [0.29, 0.717) is 17.4 Å². The van der Waals surface area contributed by atoms with Crippen molar-refractivity contribution in [1.29, 1.82) is 0 Å². The maximum absolute atomic E-state index is 12.2. The number of aromatic amines is 1. The fraction of sp³-hybridized carbons (Fsp3) is 0.364. The highest BCUT2D eigenvalue weighted by atomic mass is 16.2. The second-order valence-corrected chi connectivity index (χ2v) is 7.30. The van der Waals surface area contributed by atoms with Crippen LogP contribution in [-0.2, 0) is 6.54 Å². The first-order valence-electron chi connectivity index (χ1n) is 9.96. The lowest BCUT2D eigenvalue weighted by molar-refractivity contribution is 0.251. The van der Waals surface area contributed by atoms with E-state index in [1.165, 1.54) is 5.69 Å². The Kier molecular flexibility index (Phi) is 5.58. The first kappa shape index (κ1) is 18.5. The minimum Gasteiger partial charge on any atom is -0.369 e. The average Bonchev–Trinajstić information content (AvgIpc) is 2.74. The summed E-state index contributed by atoms with van der Waals surface area (Å²) in [5.74, 6) is 0. The number of benzene rings is 2. The molecule has 0 saturated carbocycles. The fourth-order valence-corrected chi connectivity index (χ4v) is 3.94. The number of H-pyrrole nitrogens is 1. The number of aryl methyl sites for hydroxylation is 1. The Bertz CT molecular complexity index is 1030. The Balaban J connectivity index is 1.29. The van der Waals surface area contributed by atoms with E-state index in [1.807, 2.05) is 18.2 Å². The van der Waals surface area contributed by atoms with Gasteiger partial charge < -0.3 is 4.90 Å². The van der Waals surface area contributed by atoms with Crippen LogP contribution in [0.15, 0.2) is 64.2 Å². The van der Waals surface area contributed by atoms with E-state index in [4.69, 9.17) is 0 Å². The van der Waals surface area contributed by atoms with Gasteiger partial charge in [0.05, 0.1) is 10.9 Å². The van der Waals surface area contributed by atoms with Gasteiger partial charge in [-0.3, -0.25) is 19.2 Å². The van der Waals surface area contributed by atoms with Crippen molar-refractivity contribution in [1.82, 2.24) is 14.5 Å². The zero-order chi connectivity index (χ0) is 19.3. The number of para-hydroxylation sites is 2. The van der Waals surface area contributed by atoms with Crippen LogP contribution < -0.4 is 16.1 Å². The Morgan fingerprint density at radius 3 is 2.25 bits per heavy atom. The molecule has 1 aliphatic rings. The molecule has 0 bridgehead atoms. The molecular formula is C22H26N4O2. The lowest BCUT2D eigenvalue weighted by atomic mass is 10.2. The van der Waals surface area contributed by atoms with E-state index < -0.39 is 0 Å². The van der Waals surface area contributed by atoms with Crippen LogP contribution >= 0.6 is 0 Å². The van der Waals surface area contributed by atoms with Gasteiger partial charge in [0.15, 0.2) is 0 Å². The highest BCUT2D eigenvalue weighted by Gasteiger charge is 2.16. The van der Waals surface area contributed by atoms with Crippen molar-refractivity contribution in [2.24, 2.45) is 0 Å². The Hall–Kier alpha value is -2.86. The molecular weight excluding hydrogens is 352 g/mol. The fourth-order valence-electron chi connectivity index (χ4n) is 3.94. The molecule has 0 radical (unpaired) electrons. The predicted octanol–water partition coefficient (Wildman–Crippen LogP) is 2.29. The van der Waals surface area contributed by atoms with Crippen LogP contribution in [0.4, 0.5) is 5.69 Å². The average molecular weight is 378 g/mol. The molecule has 1 saturated heterocycles. The van der Waals surface area contributed by atoms with Gasteiger partial charge in [0.2, 0.25) is 0 Å². The molecule has 28 heavy (non-hydrogen) atoms. The van der Waals surface area contributed by atoms with Crippen molar-refractivity contribution in [3.05, 3.63) is 75.4 Å². The molecule has 0 atom stereocenters. The zero-order valence-corrected chi connectivity index (χ0v) is 16.0. The summed E-state index contributed by atoms with van der Waals surface area (Å²) in [5.41, 5.74) is 1.38. The first-order valence-corrected chi connectivity index (χ1v) is 9.96. The van der Waals surface area contributed by atoms with Crippen LogP contribution in [-0.4, -0.2) is 47.2 Å². The van der Waals surface area contributed by atoms with E-state index >= 15 is 0 Å². The van der Waals surface area contributed by atoms with Gasteiger partial charge in [-0.15, -0.1) is 0 Å². The normalized spacial score (nSPS) is 15.2. The van der Waals surface area contributed by atoms with E-state index in [1.54, 1.807) is 10.6 Å². The van der Waals surface area contributed by atoms with Gasteiger partial charge in [-0.25, -0.2) is 4.79 Å². The Morgan fingerprint density at radius 1 is 0.786 bits per heavy atom. The van der Waals surface area contributed by atoms with Crippen LogP contribution in [0.5, 0.6) is 0 Å². The molecule has 2 heterocycles. The molecule has 1 aliphatic heterocycles. The number of nitrogens with zero attached hydrogens (tertiary/aromatic N) is 3. The third-order valence-electron chi connectivity index (χ3n) is 5.50. The van der Waals surface area contributed by atoms with Gasteiger partial charge in [0.25, 0.3) is 5.56 Å². The van der Waals surface area contributed by atoms with Crippen molar-refractivity contribution in [2.75, 3.05) is 37.6 Å². The van der Waals surface area contributed by atoms with Crippen LogP contribution in [0.2, 0.25) is 0 Å². The number of rotatable bonds is 6.